The van der Waals surface area contributed by atoms with E-state index in [4.69, 9.17) is 16.7 Å². The van der Waals surface area contributed by atoms with Crippen LogP contribution in [0.3, 0.4) is 0 Å². The number of hydrogen-bond donors (Lipinski definition) is 3. The minimum Gasteiger partial charge on any atom is -0.331 e. The largest absolute Gasteiger partial charge is 0.331 e. The number of nitrogens with two attached hydrogens (primary N) is 1. The number of nitrogens with one attached hydrogen (secondary N) is 2. The second kappa shape index (κ2) is 7.23. The molecule has 0 unspecified atom stereocenters. The number of amides is 2. The van der Waals surface area contributed by atoms with Crippen molar-refractivity contribution in [3.05, 3.63) is 58.4 Å². The SMILES string of the molecule is Cc1nc2cc(C(=O)NNC(=O)c3ccc(Cl)c(S(N)(=O)=O)c3)ccc2n1C. The van der Waals surface area contributed by atoms with Crippen molar-refractivity contribution in [1.82, 2.24) is 20.4 Å². The summed E-state index contributed by atoms with van der Waals surface area (Å²) in [6.07, 6.45) is 0. The number of imidazole rings is 1. The molecule has 3 rings (SSSR count). The minimum atomic E-state index is -4.09. The number of carbonyl (C=O) groups excluding carboxylic acids is 2. The van der Waals surface area contributed by atoms with Crippen LogP contribution in [0, 0.1) is 6.92 Å². The molecule has 0 aliphatic carbocycles. The maximum absolute atomic E-state index is 12.3. The van der Waals surface area contributed by atoms with Crippen LogP contribution < -0.4 is 16.0 Å². The third-order valence-corrected chi connectivity index (χ3v) is 5.55. The predicted octanol–water partition coefficient (Wildman–Crippen LogP) is 1.26. The highest BCUT2D eigenvalue weighted by Crippen LogP contribution is 2.21. The number of hydrogen-bond acceptors (Lipinski definition) is 5. The summed E-state index contributed by atoms with van der Waals surface area (Å²) in [5.74, 6) is -0.488. The monoisotopic (exact) mass is 421 g/mol. The van der Waals surface area contributed by atoms with Crippen molar-refractivity contribution in [3.8, 4) is 0 Å². The first-order chi connectivity index (χ1) is 13.1. The van der Waals surface area contributed by atoms with Gasteiger partial charge in [0.25, 0.3) is 11.8 Å². The number of primary sulfonamides is 1. The predicted molar refractivity (Wildman–Crippen MR) is 103 cm³/mol. The highest BCUT2D eigenvalue weighted by molar-refractivity contribution is 7.89. The first-order valence-electron chi connectivity index (χ1n) is 7.94. The zero-order valence-electron chi connectivity index (χ0n) is 14.9. The van der Waals surface area contributed by atoms with Gasteiger partial charge in [0, 0.05) is 18.2 Å². The number of halogens is 1. The second-order valence-corrected chi connectivity index (χ2v) is 7.96. The highest BCUT2D eigenvalue weighted by Gasteiger charge is 2.17. The molecule has 146 valence electrons. The molecule has 2 amide bonds. The Morgan fingerprint density at radius 2 is 1.64 bits per heavy atom. The van der Waals surface area contributed by atoms with Gasteiger partial charge in [0.05, 0.1) is 16.1 Å². The fourth-order valence-corrected chi connectivity index (χ4v) is 3.65. The Labute approximate surface area is 165 Å². The van der Waals surface area contributed by atoms with Crippen molar-refractivity contribution in [3.63, 3.8) is 0 Å². The molecule has 0 aliphatic heterocycles. The molecule has 9 nitrogen and oxygen atoms in total. The van der Waals surface area contributed by atoms with Gasteiger partial charge in [-0.2, -0.15) is 0 Å². The fraction of sp³-hybridized carbons (Fsp3) is 0.118. The molecule has 0 fully saturated rings. The summed E-state index contributed by atoms with van der Waals surface area (Å²) in [6.45, 7) is 1.85. The van der Waals surface area contributed by atoms with Gasteiger partial charge in [0.2, 0.25) is 10.0 Å². The highest BCUT2D eigenvalue weighted by atomic mass is 35.5. The van der Waals surface area contributed by atoms with E-state index in [9.17, 15) is 18.0 Å². The zero-order chi connectivity index (χ0) is 20.6. The lowest BCUT2D eigenvalue weighted by Crippen LogP contribution is -2.41. The second-order valence-electron chi connectivity index (χ2n) is 6.02. The molecule has 0 saturated carbocycles. The molecular weight excluding hydrogens is 406 g/mol. The number of fused-ring (bicyclic) bond motifs is 1. The van der Waals surface area contributed by atoms with Crippen LogP contribution in [0.4, 0.5) is 0 Å². The lowest BCUT2D eigenvalue weighted by Gasteiger charge is -2.09. The fourth-order valence-electron chi connectivity index (χ4n) is 2.58. The van der Waals surface area contributed by atoms with Crippen molar-refractivity contribution in [2.45, 2.75) is 11.8 Å². The van der Waals surface area contributed by atoms with Crippen LogP contribution in [0.1, 0.15) is 26.5 Å². The number of nitrogens with zero attached hydrogens (tertiary/aromatic N) is 2. The molecule has 0 radical (unpaired) electrons. The van der Waals surface area contributed by atoms with Crippen molar-refractivity contribution in [1.29, 1.82) is 0 Å². The van der Waals surface area contributed by atoms with Crippen molar-refractivity contribution >= 4 is 44.5 Å². The Morgan fingerprint density at radius 1 is 1.07 bits per heavy atom. The third-order valence-electron chi connectivity index (χ3n) is 4.16. The molecule has 4 N–H and O–H groups in total. The Balaban J connectivity index is 1.75. The summed E-state index contributed by atoms with van der Waals surface area (Å²) in [4.78, 5) is 28.5. The van der Waals surface area contributed by atoms with Gasteiger partial charge >= 0.3 is 0 Å². The molecule has 3 aromatic rings. The smallest absolute Gasteiger partial charge is 0.269 e. The van der Waals surface area contributed by atoms with E-state index in [1.165, 1.54) is 12.1 Å². The maximum atomic E-state index is 12.3. The van der Waals surface area contributed by atoms with E-state index < -0.39 is 21.8 Å². The standard InChI is InChI=1S/C17H16ClN5O4S/c1-9-20-13-7-10(4-6-14(13)23(9)2)16(24)21-22-17(25)11-3-5-12(18)15(8-11)28(19,26)27/h3-8H,1-2H3,(H,21,24)(H,22,25)(H2,19,26,27). The summed E-state index contributed by atoms with van der Waals surface area (Å²) in [6, 6.07) is 8.53. The molecule has 0 bridgehead atoms. The summed E-state index contributed by atoms with van der Waals surface area (Å²) in [7, 11) is -2.23. The van der Waals surface area contributed by atoms with Gasteiger partial charge in [-0.3, -0.25) is 20.4 Å². The minimum absolute atomic E-state index is 0.0375. The van der Waals surface area contributed by atoms with Gasteiger partial charge in [-0.1, -0.05) is 11.6 Å². The van der Waals surface area contributed by atoms with Crippen LogP contribution in [0.5, 0.6) is 0 Å². The van der Waals surface area contributed by atoms with E-state index in [0.29, 0.717) is 11.1 Å². The van der Waals surface area contributed by atoms with E-state index in [1.54, 1.807) is 18.2 Å². The van der Waals surface area contributed by atoms with Gasteiger partial charge in [0.15, 0.2) is 0 Å². The number of hydrazine groups is 1. The van der Waals surface area contributed by atoms with Crippen molar-refractivity contribution < 1.29 is 18.0 Å². The summed E-state index contributed by atoms with van der Waals surface area (Å²) < 4.78 is 24.9. The van der Waals surface area contributed by atoms with Crippen LogP contribution in [-0.4, -0.2) is 29.8 Å². The zero-order valence-corrected chi connectivity index (χ0v) is 16.4. The Kier molecular flexibility index (Phi) is 5.11. The first kappa shape index (κ1) is 19.8. The topological polar surface area (TPSA) is 136 Å². The van der Waals surface area contributed by atoms with Crippen LogP contribution in [0.2, 0.25) is 5.02 Å². The Hall–Kier alpha value is -2.95. The number of aryl methyl sites for hydroxylation is 2. The normalized spacial score (nSPS) is 11.4. The molecule has 28 heavy (non-hydrogen) atoms. The van der Waals surface area contributed by atoms with E-state index in [1.807, 2.05) is 18.5 Å². The molecule has 0 atom stereocenters. The van der Waals surface area contributed by atoms with E-state index >= 15 is 0 Å². The van der Waals surface area contributed by atoms with Crippen LogP contribution in [0.25, 0.3) is 11.0 Å². The molecular formula is C17H16ClN5O4S. The molecule has 0 spiro atoms. The number of sulfonamides is 1. The van der Waals surface area contributed by atoms with Crippen LogP contribution in [0.15, 0.2) is 41.3 Å². The quantitative estimate of drug-likeness (QED) is 0.547. The van der Waals surface area contributed by atoms with Gasteiger partial charge < -0.3 is 4.57 Å². The molecule has 0 aliphatic rings. The van der Waals surface area contributed by atoms with Crippen molar-refractivity contribution in [2.24, 2.45) is 12.2 Å². The van der Waals surface area contributed by atoms with Gasteiger partial charge in [-0.15, -0.1) is 0 Å². The third kappa shape index (κ3) is 3.84. The number of rotatable bonds is 3. The molecule has 2 aromatic carbocycles. The van der Waals surface area contributed by atoms with Gasteiger partial charge in [-0.25, -0.2) is 18.5 Å². The maximum Gasteiger partial charge on any atom is 0.269 e. The lowest BCUT2D eigenvalue weighted by molar-refractivity contribution is 0.0846. The number of carbonyl (C=O) groups is 2. The molecule has 11 heteroatoms. The first-order valence-corrected chi connectivity index (χ1v) is 9.86. The van der Waals surface area contributed by atoms with Gasteiger partial charge in [0.1, 0.15) is 10.7 Å². The van der Waals surface area contributed by atoms with E-state index in [-0.39, 0.29) is 15.5 Å². The van der Waals surface area contributed by atoms with E-state index in [0.717, 1.165) is 17.4 Å². The van der Waals surface area contributed by atoms with Crippen molar-refractivity contribution in [2.75, 3.05) is 0 Å². The van der Waals surface area contributed by atoms with E-state index in [2.05, 4.69) is 15.8 Å². The molecule has 1 aromatic heterocycles. The molecule has 0 saturated heterocycles. The average Bonchev–Trinajstić information content (AvgIpc) is 2.92. The van der Waals surface area contributed by atoms with Crippen LogP contribution in [-0.2, 0) is 17.1 Å². The number of aromatic nitrogens is 2. The van der Waals surface area contributed by atoms with Crippen LogP contribution >= 0.6 is 11.6 Å². The van der Waals surface area contributed by atoms with Gasteiger partial charge in [-0.05, 0) is 43.3 Å². The Bertz CT molecular complexity index is 1220. The Morgan fingerprint density at radius 3 is 2.25 bits per heavy atom. The summed E-state index contributed by atoms with van der Waals surface area (Å²) in [5, 5.41) is 4.95. The molecule has 1 heterocycles. The summed E-state index contributed by atoms with van der Waals surface area (Å²) in [5.41, 5.74) is 6.27. The lowest BCUT2D eigenvalue weighted by atomic mass is 10.2. The summed E-state index contributed by atoms with van der Waals surface area (Å²) >= 11 is 5.79. The number of benzene rings is 2. The average molecular weight is 422 g/mol.